The molecule has 1 rings (SSSR count). The van der Waals surface area contributed by atoms with Gasteiger partial charge < -0.3 is 10.4 Å². The van der Waals surface area contributed by atoms with Crippen molar-refractivity contribution in [1.29, 1.82) is 0 Å². The Morgan fingerprint density at radius 2 is 2.20 bits per heavy atom. The smallest absolute Gasteiger partial charge is 0.303 e. The molecule has 0 bridgehead atoms. The first kappa shape index (κ1) is 11.7. The highest BCUT2D eigenvalue weighted by atomic mass is 16.4. The van der Waals surface area contributed by atoms with Gasteiger partial charge in [0.1, 0.15) is 0 Å². The van der Waals surface area contributed by atoms with Gasteiger partial charge in [-0.05, 0) is 32.0 Å². The minimum Gasteiger partial charge on any atom is -0.481 e. The molecule has 0 saturated heterocycles. The Hall–Kier alpha value is -1.36. The number of aromatic nitrogens is 2. The molecule has 1 heterocycles. The van der Waals surface area contributed by atoms with E-state index in [0.29, 0.717) is 6.42 Å². The van der Waals surface area contributed by atoms with Crippen LogP contribution in [0.4, 0.5) is 0 Å². The van der Waals surface area contributed by atoms with E-state index in [1.165, 1.54) is 0 Å². The average molecular weight is 211 g/mol. The van der Waals surface area contributed by atoms with Crippen molar-refractivity contribution in [3.63, 3.8) is 0 Å². The second kappa shape index (κ2) is 7.00. The zero-order valence-corrected chi connectivity index (χ0v) is 8.72. The van der Waals surface area contributed by atoms with Crippen molar-refractivity contribution in [3.8, 4) is 0 Å². The van der Waals surface area contributed by atoms with Gasteiger partial charge >= 0.3 is 5.97 Å². The predicted octanol–water partition coefficient (Wildman–Crippen LogP) is 0.728. The van der Waals surface area contributed by atoms with Crippen LogP contribution >= 0.6 is 0 Å². The van der Waals surface area contributed by atoms with E-state index >= 15 is 0 Å². The number of hydrogen-bond acceptors (Lipinski definition) is 3. The van der Waals surface area contributed by atoms with Gasteiger partial charge in [0.05, 0.1) is 0 Å². The molecule has 0 radical (unpaired) electrons. The van der Waals surface area contributed by atoms with E-state index in [1.807, 2.05) is 16.9 Å². The van der Waals surface area contributed by atoms with Gasteiger partial charge in [-0.15, -0.1) is 0 Å². The Morgan fingerprint density at radius 3 is 2.87 bits per heavy atom. The van der Waals surface area contributed by atoms with Crippen molar-refractivity contribution in [2.24, 2.45) is 0 Å². The van der Waals surface area contributed by atoms with E-state index in [0.717, 1.165) is 26.1 Å². The molecule has 0 fully saturated rings. The van der Waals surface area contributed by atoms with Crippen LogP contribution in [0.2, 0.25) is 0 Å². The highest BCUT2D eigenvalue weighted by Crippen LogP contribution is 1.89. The number of rotatable bonds is 8. The lowest BCUT2D eigenvalue weighted by Gasteiger charge is -2.03. The molecular formula is C10H17N3O2. The maximum Gasteiger partial charge on any atom is 0.303 e. The first-order valence-corrected chi connectivity index (χ1v) is 5.19. The van der Waals surface area contributed by atoms with Gasteiger partial charge in [0.2, 0.25) is 0 Å². The highest BCUT2D eigenvalue weighted by Gasteiger charge is 1.95. The molecule has 5 nitrogen and oxygen atoms in total. The zero-order chi connectivity index (χ0) is 10.9. The van der Waals surface area contributed by atoms with E-state index in [4.69, 9.17) is 5.11 Å². The molecule has 0 aliphatic carbocycles. The fraction of sp³-hybridized carbons (Fsp3) is 0.600. The summed E-state index contributed by atoms with van der Waals surface area (Å²) in [7, 11) is 0. The lowest BCUT2D eigenvalue weighted by molar-refractivity contribution is -0.137. The van der Waals surface area contributed by atoms with E-state index in [9.17, 15) is 4.79 Å². The third-order valence-corrected chi connectivity index (χ3v) is 2.04. The normalized spacial score (nSPS) is 10.4. The Morgan fingerprint density at radius 1 is 1.40 bits per heavy atom. The standard InChI is InChI=1S/C10H17N3O2/c14-10(15)4-1-5-11-6-2-8-13-9-3-7-12-13/h3,7,9,11H,1-2,4-6,8H2,(H,14,15). The highest BCUT2D eigenvalue weighted by molar-refractivity contribution is 5.66. The fourth-order valence-electron chi connectivity index (χ4n) is 1.29. The van der Waals surface area contributed by atoms with Crippen LogP contribution in [0.5, 0.6) is 0 Å². The van der Waals surface area contributed by atoms with Crippen LogP contribution in [0.25, 0.3) is 0 Å². The summed E-state index contributed by atoms with van der Waals surface area (Å²) in [6.45, 7) is 2.57. The third-order valence-electron chi connectivity index (χ3n) is 2.04. The summed E-state index contributed by atoms with van der Waals surface area (Å²) in [4.78, 5) is 10.2. The monoisotopic (exact) mass is 211 g/mol. The van der Waals surface area contributed by atoms with E-state index in [1.54, 1.807) is 6.20 Å². The van der Waals surface area contributed by atoms with Crippen LogP contribution in [-0.4, -0.2) is 33.9 Å². The van der Waals surface area contributed by atoms with Crippen molar-refractivity contribution in [3.05, 3.63) is 18.5 Å². The zero-order valence-electron chi connectivity index (χ0n) is 8.72. The van der Waals surface area contributed by atoms with E-state index < -0.39 is 5.97 Å². The molecule has 0 aliphatic rings. The Balaban J connectivity index is 1.87. The maximum atomic E-state index is 10.2. The summed E-state index contributed by atoms with van der Waals surface area (Å²) in [5.74, 6) is -0.728. The lowest BCUT2D eigenvalue weighted by atomic mass is 10.3. The van der Waals surface area contributed by atoms with Crippen LogP contribution in [0.15, 0.2) is 18.5 Å². The number of hydrogen-bond donors (Lipinski definition) is 2. The van der Waals surface area contributed by atoms with Crippen molar-refractivity contribution < 1.29 is 9.90 Å². The lowest BCUT2D eigenvalue weighted by Crippen LogP contribution is -2.19. The number of nitrogens with one attached hydrogen (secondary N) is 1. The number of carboxylic acid groups (broad SMARTS) is 1. The number of carbonyl (C=O) groups is 1. The summed E-state index contributed by atoms with van der Waals surface area (Å²) in [6, 6.07) is 1.90. The molecule has 15 heavy (non-hydrogen) atoms. The molecule has 0 amide bonds. The quantitative estimate of drug-likeness (QED) is 0.622. The average Bonchev–Trinajstić information content (AvgIpc) is 2.68. The summed E-state index contributed by atoms with van der Waals surface area (Å²) in [5, 5.41) is 15.7. The summed E-state index contributed by atoms with van der Waals surface area (Å²) in [6.07, 6.45) is 5.64. The first-order valence-electron chi connectivity index (χ1n) is 5.19. The topological polar surface area (TPSA) is 67.2 Å². The molecule has 84 valence electrons. The Labute approximate surface area is 89.1 Å². The fourth-order valence-corrected chi connectivity index (χ4v) is 1.29. The minimum atomic E-state index is -0.728. The number of nitrogens with zero attached hydrogens (tertiary/aromatic N) is 2. The Bertz CT molecular complexity index is 272. The van der Waals surface area contributed by atoms with Gasteiger partial charge in [0.25, 0.3) is 0 Å². The molecule has 0 saturated carbocycles. The van der Waals surface area contributed by atoms with Crippen LogP contribution in [-0.2, 0) is 11.3 Å². The summed E-state index contributed by atoms with van der Waals surface area (Å²) < 4.78 is 1.89. The molecule has 0 aliphatic heterocycles. The molecule has 0 unspecified atom stereocenters. The predicted molar refractivity (Wildman–Crippen MR) is 56.6 cm³/mol. The molecule has 1 aromatic heterocycles. The van der Waals surface area contributed by atoms with Crippen LogP contribution in [0, 0.1) is 0 Å². The number of carboxylic acids is 1. The molecular weight excluding hydrogens is 194 g/mol. The van der Waals surface area contributed by atoms with Gasteiger partial charge in [-0.25, -0.2) is 0 Å². The van der Waals surface area contributed by atoms with Gasteiger partial charge in [-0.2, -0.15) is 5.10 Å². The second-order valence-corrected chi connectivity index (χ2v) is 3.37. The van der Waals surface area contributed by atoms with Crippen LogP contribution < -0.4 is 5.32 Å². The minimum absolute atomic E-state index is 0.242. The third kappa shape index (κ3) is 5.85. The summed E-state index contributed by atoms with van der Waals surface area (Å²) in [5.41, 5.74) is 0. The van der Waals surface area contributed by atoms with Gasteiger partial charge in [-0.1, -0.05) is 0 Å². The van der Waals surface area contributed by atoms with E-state index in [-0.39, 0.29) is 6.42 Å². The first-order chi connectivity index (χ1) is 7.29. The molecule has 0 spiro atoms. The van der Waals surface area contributed by atoms with Gasteiger partial charge in [0, 0.05) is 25.4 Å². The second-order valence-electron chi connectivity index (χ2n) is 3.37. The largest absolute Gasteiger partial charge is 0.481 e. The maximum absolute atomic E-state index is 10.2. The summed E-state index contributed by atoms with van der Waals surface area (Å²) >= 11 is 0. The Kier molecular flexibility index (Phi) is 5.47. The molecule has 1 aromatic rings. The van der Waals surface area contributed by atoms with Crippen molar-refractivity contribution in [1.82, 2.24) is 15.1 Å². The number of aryl methyl sites for hydroxylation is 1. The van der Waals surface area contributed by atoms with E-state index in [2.05, 4.69) is 10.4 Å². The van der Waals surface area contributed by atoms with Crippen molar-refractivity contribution in [2.75, 3.05) is 13.1 Å². The van der Waals surface area contributed by atoms with Gasteiger partial charge in [-0.3, -0.25) is 9.48 Å². The SMILES string of the molecule is O=C(O)CCCNCCCn1cccn1. The molecule has 0 atom stereocenters. The molecule has 5 heteroatoms. The van der Waals surface area contributed by atoms with Crippen molar-refractivity contribution >= 4 is 5.97 Å². The molecule has 0 aromatic carbocycles. The molecule has 2 N–H and O–H groups in total. The van der Waals surface area contributed by atoms with Crippen molar-refractivity contribution in [2.45, 2.75) is 25.8 Å². The van der Waals surface area contributed by atoms with Crippen LogP contribution in [0.3, 0.4) is 0 Å². The van der Waals surface area contributed by atoms with Crippen LogP contribution in [0.1, 0.15) is 19.3 Å². The number of aliphatic carboxylic acids is 1. The van der Waals surface area contributed by atoms with Gasteiger partial charge in [0.15, 0.2) is 0 Å².